The third-order valence-corrected chi connectivity index (χ3v) is 6.86. The fraction of sp³-hybridized carbons (Fsp3) is 0.952. The average molecular weight is 487 g/mol. The van der Waals surface area contributed by atoms with Crippen LogP contribution in [0.25, 0.3) is 0 Å². The number of alkyl halides is 2. The molecule has 0 aromatic rings. The second-order valence-electron chi connectivity index (χ2n) is 8.30. The summed E-state index contributed by atoms with van der Waals surface area (Å²) in [5, 5.41) is 34.6. The Labute approximate surface area is 194 Å². The number of likely N-dealkylation sites (N-methyl/N-ethyl adjacent to an activating group) is 1. The van der Waals surface area contributed by atoms with E-state index in [1.165, 1.54) is 11.8 Å². The van der Waals surface area contributed by atoms with Gasteiger partial charge in [0, 0.05) is 12.4 Å². The van der Waals surface area contributed by atoms with Crippen molar-refractivity contribution in [1.29, 1.82) is 0 Å². The fourth-order valence-corrected chi connectivity index (χ4v) is 4.82. The molecule has 2 saturated heterocycles. The van der Waals surface area contributed by atoms with Crippen molar-refractivity contribution < 1.29 is 29.2 Å². The molecule has 8 atom stereocenters. The summed E-state index contributed by atoms with van der Waals surface area (Å²) in [6, 6.07) is -0.0313. The Morgan fingerprint density at radius 2 is 1.94 bits per heavy atom. The van der Waals surface area contributed by atoms with Crippen molar-refractivity contribution in [1.82, 2.24) is 10.6 Å². The quantitative estimate of drug-likeness (QED) is 0.263. The standard InChI is InChI=1S/C12H23FN2O.C9H17ClO4S/c1-14-12(16)11-6-5-10(7-9-15-11)4-2-3-8-13;1-4(10)3-5-6(11)7(12)8(13)9(14-5)15-2/h10-11,15H,2-9H2,1H3,(H,14,16);4-9,11-13H,3H2,1-2H3/t10?,11-;4-,5+,6-,7-,8+,9+/m00/s1. The maximum Gasteiger partial charge on any atom is 0.236 e. The van der Waals surface area contributed by atoms with E-state index in [4.69, 9.17) is 16.3 Å². The summed E-state index contributed by atoms with van der Waals surface area (Å²) < 4.78 is 17.4. The number of rotatable bonds is 8. The first-order chi connectivity index (χ1) is 14.7. The summed E-state index contributed by atoms with van der Waals surface area (Å²) in [7, 11) is 1.67. The van der Waals surface area contributed by atoms with Gasteiger partial charge in [0.2, 0.25) is 5.91 Å². The number of amides is 1. The molecule has 2 aliphatic rings. The van der Waals surface area contributed by atoms with Crippen LogP contribution in [0.2, 0.25) is 0 Å². The van der Waals surface area contributed by atoms with Crippen LogP contribution in [0.15, 0.2) is 0 Å². The number of unbranched alkanes of at least 4 members (excludes halogenated alkanes) is 1. The second kappa shape index (κ2) is 15.6. The SMILES string of the molecule is CNC(=O)[C@@H]1CCC(CCCCF)CCN1.CS[C@H]1O[C@H](C[C@H](C)Cl)[C@H](O)[C@H](O)[C@H]1O. The number of nitrogens with one attached hydrogen (secondary N) is 2. The molecule has 2 fully saturated rings. The average Bonchev–Trinajstić information content (AvgIpc) is 3.00. The number of ether oxygens (including phenoxy) is 1. The highest BCUT2D eigenvalue weighted by atomic mass is 35.5. The Morgan fingerprint density at radius 1 is 1.23 bits per heavy atom. The normalized spacial score (nSPS) is 34.8. The highest BCUT2D eigenvalue weighted by molar-refractivity contribution is 7.99. The Kier molecular flexibility index (Phi) is 14.6. The van der Waals surface area contributed by atoms with Gasteiger partial charge in [-0.25, -0.2) is 0 Å². The number of hydrogen-bond donors (Lipinski definition) is 5. The summed E-state index contributed by atoms with van der Waals surface area (Å²) in [5.41, 5.74) is -0.510. The van der Waals surface area contributed by atoms with Crippen LogP contribution in [-0.4, -0.2) is 89.0 Å². The van der Waals surface area contributed by atoms with Gasteiger partial charge in [-0.2, -0.15) is 0 Å². The predicted octanol–water partition coefficient (Wildman–Crippen LogP) is 1.80. The van der Waals surface area contributed by atoms with Gasteiger partial charge in [-0.1, -0.05) is 12.8 Å². The summed E-state index contributed by atoms with van der Waals surface area (Å²) in [6.45, 7) is 2.49. The molecule has 184 valence electrons. The lowest BCUT2D eigenvalue weighted by Gasteiger charge is -2.40. The van der Waals surface area contributed by atoms with Crippen LogP contribution in [-0.2, 0) is 9.53 Å². The molecule has 2 heterocycles. The van der Waals surface area contributed by atoms with Crippen LogP contribution in [0.3, 0.4) is 0 Å². The van der Waals surface area contributed by atoms with E-state index in [2.05, 4.69) is 10.6 Å². The van der Waals surface area contributed by atoms with Crippen molar-refractivity contribution in [2.45, 2.75) is 93.1 Å². The van der Waals surface area contributed by atoms with E-state index >= 15 is 0 Å². The van der Waals surface area contributed by atoms with Gasteiger partial charge in [0.25, 0.3) is 0 Å². The minimum absolute atomic E-state index is 0.0313. The monoisotopic (exact) mass is 486 g/mol. The third kappa shape index (κ3) is 10.1. The van der Waals surface area contributed by atoms with E-state index in [1.807, 2.05) is 0 Å². The predicted molar refractivity (Wildman–Crippen MR) is 123 cm³/mol. The van der Waals surface area contributed by atoms with Gasteiger partial charge < -0.3 is 30.7 Å². The zero-order chi connectivity index (χ0) is 23.4. The lowest BCUT2D eigenvalue weighted by Crippen LogP contribution is -2.56. The van der Waals surface area contributed by atoms with E-state index < -0.39 is 29.9 Å². The first-order valence-corrected chi connectivity index (χ1v) is 12.8. The molecule has 1 unspecified atom stereocenters. The van der Waals surface area contributed by atoms with Crippen LogP contribution in [0.1, 0.15) is 51.9 Å². The van der Waals surface area contributed by atoms with Crippen LogP contribution >= 0.6 is 23.4 Å². The minimum Gasteiger partial charge on any atom is -0.388 e. The first-order valence-electron chi connectivity index (χ1n) is 11.1. The third-order valence-electron chi connectivity index (χ3n) is 5.82. The van der Waals surface area contributed by atoms with Crippen molar-refractivity contribution in [3.05, 3.63) is 0 Å². The highest BCUT2D eigenvalue weighted by Crippen LogP contribution is 2.29. The molecule has 2 aliphatic heterocycles. The van der Waals surface area contributed by atoms with Crippen molar-refractivity contribution >= 4 is 29.3 Å². The van der Waals surface area contributed by atoms with Crippen LogP contribution in [0, 0.1) is 5.92 Å². The minimum atomic E-state index is -1.17. The molecular weight excluding hydrogens is 447 g/mol. The Bertz CT molecular complexity index is 506. The van der Waals surface area contributed by atoms with E-state index in [0.29, 0.717) is 18.8 Å². The lowest BCUT2D eigenvalue weighted by molar-refractivity contribution is -0.198. The summed E-state index contributed by atoms with van der Waals surface area (Å²) >= 11 is 7.11. The van der Waals surface area contributed by atoms with Crippen LogP contribution < -0.4 is 10.6 Å². The van der Waals surface area contributed by atoms with Crippen LogP contribution in [0.5, 0.6) is 0 Å². The van der Waals surface area contributed by atoms with Crippen molar-refractivity contribution in [3.63, 3.8) is 0 Å². The number of carbonyl (C=O) groups excluding carboxylic acids is 1. The molecule has 0 radical (unpaired) electrons. The van der Waals surface area contributed by atoms with Gasteiger partial charge >= 0.3 is 0 Å². The van der Waals surface area contributed by atoms with Gasteiger partial charge in [0.05, 0.1) is 18.8 Å². The maximum absolute atomic E-state index is 12.0. The van der Waals surface area contributed by atoms with Gasteiger partial charge in [-0.05, 0) is 57.7 Å². The Balaban J connectivity index is 0.000000311. The van der Waals surface area contributed by atoms with E-state index in [1.54, 1.807) is 20.2 Å². The second-order valence-corrected chi connectivity index (χ2v) is 9.99. The molecule has 0 spiro atoms. The summed E-state index contributed by atoms with van der Waals surface area (Å²) in [5.74, 6) is 0.748. The fourth-order valence-electron chi connectivity index (χ4n) is 3.95. The van der Waals surface area contributed by atoms with Crippen molar-refractivity contribution in [2.75, 3.05) is 26.5 Å². The number of aliphatic hydroxyl groups is 3. The van der Waals surface area contributed by atoms with Crippen LogP contribution in [0.4, 0.5) is 4.39 Å². The van der Waals surface area contributed by atoms with E-state index in [-0.39, 0.29) is 24.0 Å². The molecule has 1 amide bonds. The highest BCUT2D eigenvalue weighted by Gasteiger charge is 2.43. The summed E-state index contributed by atoms with van der Waals surface area (Å²) in [4.78, 5) is 11.5. The van der Waals surface area contributed by atoms with E-state index in [0.717, 1.165) is 38.6 Å². The van der Waals surface area contributed by atoms with Gasteiger partial charge in [-0.3, -0.25) is 9.18 Å². The molecule has 0 aromatic carbocycles. The number of thioether (sulfide) groups is 1. The Hall–Kier alpha value is -0.160. The van der Waals surface area contributed by atoms with Gasteiger partial charge in [0.1, 0.15) is 23.7 Å². The largest absolute Gasteiger partial charge is 0.388 e. The lowest BCUT2D eigenvalue weighted by atomic mass is 9.93. The first kappa shape index (κ1) is 28.9. The molecule has 10 heteroatoms. The topological polar surface area (TPSA) is 111 Å². The molecule has 2 rings (SSSR count). The maximum atomic E-state index is 12.0. The van der Waals surface area contributed by atoms with E-state index in [9.17, 15) is 24.5 Å². The zero-order valence-corrected chi connectivity index (χ0v) is 20.4. The number of carbonyl (C=O) groups is 1. The molecule has 0 aromatic heterocycles. The summed E-state index contributed by atoms with van der Waals surface area (Å²) in [6.07, 6.45) is 4.26. The van der Waals surface area contributed by atoms with Gasteiger partial charge in [-0.15, -0.1) is 23.4 Å². The molecule has 5 N–H and O–H groups in total. The van der Waals surface area contributed by atoms with Crippen molar-refractivity contribution in [3.8, 4) is 0 Å². The molecule has 0 aliphatic carbocycles. The Morgan fingerprint density at radius 3 is 2.52 bits per heavy atom. The number of halogens is 2. The number of hydrogen-bond acceptors (Lipinski definition) is 7. The van der Waals surface area contributed by atoms with Gasteiger partial charge in [0.15, 0.2) is 0 Å². The molecular formula is C21H40ClFN2O5S. The molecule has 7 nitrogen and oxygen atoms in total. The molecule has 0 bridgehead atoms. The molecule has 0 saturated carbocycles. The zero-order valence-electron chi connectivity index (χ0n) is 18.8. The molecule has 31 heavy (non-hydrogen) atoms. The van der Waals surface area contributed by atoms with Crippen molar-refractivity contribution in [2.24, 2.45) is 5.92 Å². The smallest absolute Gasteiger partial charge is 0.236 e. The number of aliphatic hydroxyl groups excluding tert-OH is 3.